The minimum Gasteiger partial charge on any atom is -0.355 e. The Labute approximate surface area is 201 Å². The van der Waals surface area contributed by atoms with Crippen LogP contribution >= 0.6 is 0 Å². The predicted molar refractivity (Wildman–Crippen MR) is 136 cm³/mol. The van der Waals surface area contributed by atoms with Crippen LogP contribution in [0.4, 0.5) is 28.6 Å². The SMILES string of the molecule is N#Cc1ccc2nccc(Nc3ccc(C(=O)Nc4ccc(Nc5ccncc5)cn4)cc3)c2c1. The summed E-state index contributed by atoms with van der Waals surface area (Å²) in [6.07, 6.45) is 6.77. The lowest BCUT2D eigenvalue weighted by molar-refractivity contribution is 0.102. The van der Waals surface area contributed by atoms with E-state index in [1.54, 1.807) is 55.1 Å². The molecule has 0 bridgehead atoms. The molecule has 0 atom stereocenters. The van der Waals surface area contributed by atoms with Crippen LogP contribution in [-0.2, 0) is 0 Å². The summed E-state index contributed by atoms with van der Waals surface area (Å²) in [5, 5.41) is 19.4. The molecule has 0 spiro atoms. The van der Waals surface area contributed by atoms with Gasteiger partial charge in [0.1, 0.15) is 5.82 Å². The van der Waals surface area contributed by atoms with Gasteiger partial charge in [-0.05, 0) is 72.8 Å². The van der Waals surface area contributed by atoms with Gasteiger partial charge >= 0.3 is 0 Å². The van der Waals surface area contributed by atoms with Crippen molar-refractivity contribution < 1.29 is 4.79 Å². The van der Waals surface area contributed by atoms with Gasteiger partial charge in [-0.3, -0.25) is 14.8 Å². The quantitative estimate of drug-likeness (QED) is 0.302. The second kappa shape index (κ2) is 9.68. The molecule has 0 saturated heterocycles. The van der Waals surface area contributed by atoms with Crippen molar-refractivity contribution >= 4 is 45.4 Å². The zero-order valence-electron chi connectivity index (χ0n) is 18.4. The average molecular weight is 457 g/mol. The first-order chi connectivity index (χ1) is 17.2. The fraction of sp³-hybridized carbons (Fsp3) is 0. The normalized spacial score (nSPS) is 10.4. The maximum Gasteiger partial charge on any atom is 0.256 e. The van der Waals surface area contributed by atoms with Crippen molar-refractivity contribution in [3.63, 3.8) is 0 Å². The number of nitrogens with one attached hydrogen (secondary N) is 3. The van der Waals surface area contributed by atoms with Crippen molar-refractivity contribution in [2.24, 2.45) is 0 Å². The molecule has 35 heavy (non-hydrogen) atoms. The Morgan fingerprint density at radius 3 is 2.29 bits per heavy atom. The van der Waals surface area contributed by atoms with Crippen molar-refractivity contribution in [1.82, 2.24) is 15.0 Å². The van der Waals surface area contributed by atoms with E-state index in [0.29, 0.717) is 16.9 Å². The van der Waals surface area contributed by atoms with Gasteiger partial charge in [0.2, 0.25) is 0 Å². The predicted octanol–water partition coefficient (Wildman–Crippen LogP) is 5.64. The van der Waals surface area contributed by atoms with E-state index < -0.39 is 0 Å². The Bertz CT molecular complexity index is 1530. The molecule has 0 radical (unpaired) electrons. The lowest BCUT2D eigenvalue weighted by Crippen LogP contribution is -2.12. The maximum absolute atomic E-state index is 12.7. The molecule has 8 heteroatoms. The molecule has 0 aliphatic heterocycles. The number of anilines is 5. The van der Waals surface area contributed by atoms with Gasteiger partial charge in [0.25, 0.3) is 5.91 Å². The number of nitrogens with zero attached hydrogens (tertiary/aromatic N) is 4. The maximum atomic E-state index is 12.7. The largest absolute Gasteiger partial charge is 0.355 e. The minimum absolute atomic E-state index is 0.257. The number of pyridine rings is 3. The molecule has 5 rings (SSSR count). The molecule has 5 aromatic rings. The number of carbonyl (C=O) groups is 1. The molecule has 0 unspecified atom stereocenters. The van der Waals surface area contributed by atoms with Crippen LogP contribution in [0.25, 0.3) is 10.9 Å². The van der Waals surface area contributed by atoms with Crippen molar-refractivity contribution in [3.8, 4) is 6.07 Å². The zero-order valence-corrected chi connectivity index (χ0v) is 18.4. The third-order valence-electron chi connectivity index (χ3n) is 5.27. The number of nitriles is 1. The van der Waals surface area contributed by atoms with E-state index in [9.17, 15) is 10.1 Å². The summed E-state index contributed by atoms with van der Waals surface area (Å²) in [7, 11) is 0. The Morgan fingerprint density at radius 2 is 1.54 bits per heavy atom. The van der Waals surface area contributed by atoms with E-state index in [1.165, 1.54) is 0 Å². The van der Waals surface area contributed by atoms with Gasteiger partial charge in [-0.2, -0.15) is 5.26 Å². The van der Waals surface area contributed by atoms with Gasteiger partial charge in [-0.15, -0.1) is 0 Å². The van der Waals surface area contributed by atoms with Gasteiger partial charge in [0.15, 0.2) is 0 Å². The summed E-state index contributed by atoms with van der Waals surface area (Å²) < 4.78 is 0. The Kier molecular flexibility index (Phi) is 5.96. The first-order valence-electron chi connectivity index (χ1n) is 10.8. The lowest BCUT2D eigenvalue weighted by atomic mass is 10.1. The highest BCUT2D eigenvalue weighted by Crippen LogP contribution is 2.26. The highest BCUT2D eigenvalue weighted by Gasteiger charge is 2.09. The van der Waals surface area contributed by atoms with Gasteiger partial charge in [0.05, 0.1) is 29.0 Å². The van der Waals surface area contributed by atoms with Crippen LogP contribution in [0.1, 0.15) is 15.9 Å². The van der Waals surface area contributed by atoms with Gasteiger partial charge in [-0.1, -0.05) is 0 Å². The topological polar surface area (TPSA) is 116 Å². The van der Waals surface area contributed by atoms with E-state index in [4.69, 9.17) is 0 Å². The lowest BCUT2D eigenvalue weighted by Gasteiger charge is -2.11. The summed E-state index contributed by atoms with van der Waals surface area (Å²) >= 11 is 0. The van der Waals surface area contributed by atoms with E-state index in [-0.39, 0.29) is 5.91 Å². The van der Waals surface area contributed by atoms with Gasteiger partial charge < -0.3 is 16.0 Å². The van der Waals surface area contributed by atoms with Crippen LogP contribution in [0.5, 0.6) is 0 Å². The van der Waals surface area contributed by atoms with Crippen molar-refractivity contribution in [2.45, 2.75) is 0 Å². The molecular formula is C27H19N7O. The van der Waals surface area contributed by atoms with Crippen LogP contribution < -0.4 is 16.0 Å². The summed E-state index contributed by atoms with van der Waals surface area (Å²) in [6.45, 7) is 0. The molecule has 0 fully saturated rings. The third kappa shape index (κ3) is 5.05. The summed E-state index contributed by atoms with van der Waals surface area (Å²) in [4.78, 5) is 25.3. The molecule has 3 aromatic heterocycles. The van der Waals surface area contributed by atoms with Gasteiger partial charge in [0, 0.05) is 46.6 Å². The number of fused-ring (bicyclic) bond motifs is 1. The monoisotopic (exact) mass is 457 g/mol. The van der Waals surface area contributed by atoms with E-state index in [1.807, 2.05) is 42.5 Å². The molecule has 0 aliphatic carbocycles. The molecule has 168 valence electrons. The Balaban J connectivity index is 1.25. The van der Waals surface area contributed by atoms with Crippen molar-refractivity contribution in [2.75, 3.05) is 16.0 Å². The molecule has 8 nitrogen and oxygen atoms in total. The molecule has 2 aromatic carbocycles. The second-order valence-corrected chi connectivity index (χ2v) is 7.65. The molecule has 1 amide bonds. The van der Waals surface area contributed by atoms with Crippen LogP contribution in [0.15, 0.2) is 97.6 Å². The van der Waals surface area contributed by atoms with Crippen LogP contribution in [-0.4, -0.2) is 20.9 Å². The van der Waals surface area contributed by atoms with Crippen LogP contribution in [0.2, 0.25) is 0 Å². The average Bonchev–Trinajstić information content (AvgIpc) is 2.91. The van der Waals surface area contributed by atoms with E-state index in [0.717, 1.165) is 33.7 Å². The smallest absolute Gasteiger partial charge is 0.256 e. The molecule has 3 N–H and O–H groups in total. The van der Waals surface area contributed by atoms with Crippen molar-refractivity contribution in [1.29, 1.82) is 5.26 Å². The van der Waals surface area contributed by atoms with E-state index >= 15 is 0 Å². The Hall–Kier alpha value is -5.29. The number of rotatable bonds is 6. The number of amides is 1. The van der Waals surface area contributed by atoms with Gasteiger partial charge in [-0.25, -0.2) is 4.98 Å². The second-order valence-electron chi connectivity index (χ2n) is 7.65. The third-order valence-corrected chi connectivity index (χ3v) is 5.27. The molecule has 0 aliphatic rings. The Morgan fingerprint density at radius 1 is 0.771 bits per heavy atom. The fourth-order valence-corrected chi connectivity index (χ4v) is 3.52. The van der Waals surface area contributed by atoms with E-state index in [2.05, 4.69) is 37.0 Å². The fourth-order valence-electron chi connectivity index (χ4n) is 3.52. The molecule has 3 heterocycles. The zero-order chi connectivity index (χ0) is 24.0. The van der Waals surface area contributed by atoms with Crippen LogP contribution in [0.3, 0.4) is 0 Å². The minimum atomic E-state index is -0.257. The number of benzene rings is 2. The highest BCUT2D eigenvalue weighted by molar-refractivity contribution is 6.04. The number of hydrogen-bond donors (Lipinski definition) is 3. The first-order valence-corrected chi connectivity index (χ1v) is 10.8. The molecular weight excluding hydrogens is 438 g/mol. The summed E-state index contributed by atoms with van der Waals surface area (Å²) in [5.41, 5.74) is 5.19. The van der Waals surface area contributed by atoms with Crippen molar-refractivity contribution in [3.05, 3.63) is 109 Å². The van der Waals surface area contributed by atoms with Crippen LogP contribution in [0, 0.1) is 11.3 Å². The first kappa shape index (κ1) is 21.6. The number of carbonyl (C=O) groups excluding carboxylic acids is 1. The standard InChI is InChI=1S/C27H19N7O/c28-16-18-1-7-24-23(15-18)25(11-14-30-24)33-20-4-2-19(3-5-20)27(35)34-26-8-6-22(17-31-26)32-21-9-12-29-13-10-21/h1-15,17H,(H,29,32)(H,30,33)(H,31,34,35). The number of hydrogen-bond acceptors (Lipinski definition) is 7. The highest BCUT2D eigenvalue weighted by atomic mass is 16.1. The number of aromatic nitrogens is 3. The summed E-state index contributed by atoms with van der Waals surface area (Å²) in [6, 6.07) is 23.8. The molecule has 0 saturated carbocycles. The summed E-state index contributed by atoms with van der Waals surface area (Å²) in [5.74, 6) is 0.195.